The number of anilines is 6. The molecule has 0 aromatic heterocycles. The first-order valence-electron chi connectivity index (χ1n) is 23.3. The van der Waals surface area contributed by atoms with Gasteiger partial charge in [-0.3, -0.25) is 0 Å². The Bertz CT molecular complexity index is 3390. The number of fused-ring (bicyclic) bond motifs is 4. The van der Waals surface area contributed by atoms with E-state index in [1.807, 2.05) is 0 Å². The van der Waals surface area contributed by atoms with Gasteiger partial charge in [-0.2, -0.15) is 0 Å². The van der Waals surface area contributed by atoms with Crippen LogP contribution in [0.1, 0.15) is 11.1 Å². The second-order valence-corrected chi connectivity index (χ2v) is 17.2. The highest BCUT2D eigenvalue weighted by molar-refractivity contribution is 6.23. The van der Waals surface area contributed by atoms with Crippen LogP contribution in [-0.2, 0) is 0 Å². The molecule has 0 fully saturated rings. The van der Waals surface area contributed by atoms with Crippen molar-refractivity contribution in [3.8, 4) is 22.3 Å². The lowest BCUT2D eigenvalue weighted by atomic mass is 9.90. The number of para-hydroxylation sites is 2. The molecule has 0 radical (unpaired) electrons. The topological polar surface area (TPSA) is 6.48 Å². The summed E-state index contributed by atoms with van der Waals surface area (Å²) in [6.07, 6.45) is 4.42. The van der Waals surface area contributed by atoms with E-state index in [9.17, 15) is 0 Å². The summed E-state index contributed by atoms with van der Waals surface area (Å²) in [5, 5.41) is 9.75. The third-order valence-corrected chi connectivity index (χ3v) is 13.2. The van der Waals surface area contributed by atoms with E-state index in [2.05, 4.69) is 289 Å². The second-order valence-electron chi connectivity index (χ2n) is 17.2. The molecule has 320 valence electrons. The molecule has 0 N–H and O–H groups in total. The largest absolute Gasteiger partial charge is 0.309 e. The zero-order valence-corrected chi connectivity index (χ0v) is 37.5. The molecule has 0 saturated heterocycles. The fraction of sp³-hybridized carbons (Fsp3) is 0. The highest BCUT2D eigenvalue weighted by Gasteiger charge is 2.24. The molecule has 12 aromatic carbocycles. The fourth-order valence-corrected chi connectivity index (χ4v) is 10.2. The Morgan fingerprint density at radius 1 is 0.206 bits per heavy atom. The monoisotopic (exact) mass is 866 g/mol. The van der Waals surface area contributed by atoms with Gasteiger partial charge in [-0.25, -0.2) is 0 Å². The molecule has 0 heterocycles. The summed E-state index contributed by atoms with van der Waals surface area (Å²) < 4.78 is 0. The number of benzene rings is 12. The van der Waals surface area contributed by atoms with Crippen LogP contribution in [0.15, 0.2) is 267 Å². The minimum absolute atomic E-state index is 1.10. The van der Waals surface area contributed by atoms with Crippen LogP contribution in [-0.4, -0.2) is 0 Å². The van der Waals surface area contributed by atoms with Gasteiger partial charge in [0.05, 0.1) is 11.4 Å². The maximum Gasteiger partial charge on any atom is 0.0618 e. The van der Waals surface area contributed by atoms with Crippen LogP contribution in [0, 0.1) is 0 Å². The summed E-state index contributed by atoms with van der Waals surface area (Å²) in [5.74, 6) is 0. The Hall–Kier alpha value is -8.98. The van der Waals surface area contributed by atoms with Crippen molar-refractivity contribution in [3.05, 3.63) is 278 Å². The summed E-state index contributed by atoms with van der Waals surface area (Å²) in [6.45, 7) is 0. The van der Waals surface area contributed by atoms with E-state index >= 15 is 0 Å². The summed E-state index contributed by atoms with van der Waals surface area (Å²) in [4.78, 5) is 4.84. The van der Waals surface area contributed by atoms with Gasteiger partial charge in [0.2, 0.25) is 0 Å². The van der Waals surface area contributed by atoms with Gasteiger partial charge in [0.1, 0.15) is 0 Å². The molecule has 0 unspecified atom stereocenters. The Labute approximate surface area is 397 Å². The van der Waals surface area contributed by atoms with Crippen molar-refractivity contribution in [3.63, 3.8) is 0 Å². The quantitative estimate of drug-likeness (QED) is 0.0998. The SMILES string of the molecule is C(=C\c1ccc(N(c2ccccc2)c2c3ccccc3c(-c3ccccc3)c3ccccc23)cc1)/c1ccc(N(c2ccccc2)c2c3ccccc3c(-c3ccccc3)c3ccccc23)cc1. The molecular weight excluding hydrogens is 821 g/mol. The van der Waals surface area contributed by atoms with Crippen molar-refractivity contribution >= 4 is 89.4 Å². The first kappa shape index (κ1) is 40.5. The second kappa shape index (κ2) is 17.8. The van der Waals surface area contributed by atoms with Gasteiger partial charge in [-0.15, -0.1) is 0 Å². The van der Waals surface area contributed by atoms with Gasteiger partial charge in [-0.1, -0.05) is 231 Å². The maximum atomic E-state index is 2.42. The summed E-state index contributed by atoms with van der Waals surface area (Å²) in [6, 6.07) is 96.4. The zero-order chi connectivity index (χ0) is 45.2. The van der Waals surface area contributed by atoms with Crippen molar-refractivity contribution in [2.45, 2.75) is 0 Å². The van der Waals surface area contributed by atoms with Crippen molar-refractivity contribution in [2.24, 2.45) is 0 Å². The van der Waals surface area contributed by atoms with Crippen molar-refractivity contribution < 1.29 is 0 Å². The first-order valence-corrected chi connectivity index (χ1v) is 23.3. The lowest BCUT2D eigenvalue weighted by molar-refractivity contribution is 1.31. The highest BCUT2D eigenvalue weighted by Crippen LogP contribution is 2.50. The van der Waals surface area contributed by atoms with Crippen LogP contribution >= 0.6 is 0 Å². The Morgan fingerprint density at radius 2 is 0.441 bits per heavy atom. The van der Waals surface area contributed by atoms with E-state index < -0.39 is 0 Å². The van der Waals surface area contributed by atoms with Crippen molar-refractivity contribution in [1.29, 1.82) is 0 Å². The maximum absolute atomic E-state index is 2.42. The van der Waals surface area contributed by atoms with Crippen molar-refractivity contribution in [2.75, 3.05) is 9.80 Å². The van der Waals surface area contributed by atoms with Gasteiger partial charge in [0.15, 0.2) is 0 Å². The highest BCUT2D eigenvalue weighted by atomic mass is 15.2. The molecule has 12 rings (SSSR count). The van der Waals surface area contributed by atoms with Crippen LogP contribution < -0.4 is 9.80 Å². The molecule has 0 saturated carbocycles. The zero-order valence-electron chi connectivity index (χ0n) is 37.5. The van der Waals surface area contributed by atoms with Crippen LogP contribution in [0.3, 0.4) is 0 Å². The molecule has 2 nitrogen and oxygen atoms in total. The molecule has 0 atom stereocenters. The standard InChI is InChI=1S/C66H46N2/c1-5-21-49(22-6-1)63-55-29-13-17-33-59(55)65(60-34-18-14-30-56(60)63)67(51-25-9-3-10-26-51)53-43-39-47(40-44-53)37-38-48-41-45-54(46-42-48)68(52-27-11-4-12-28-52)66-61-35-19-15-31-57(61)64(50-23-7-2-8-24-50)58-32-16-20-36-62(58)66/h1-46H/b38-37+. The minimum Gasteiger partial charge on any atom is -0.309 e. The van der Waals surface area contributed by atoms with Gasteiger partial charge < -0.3 is 9.80 Å². The predicted octanol–water partition coefficient (Wildman–Crippen LogP) is 18.7. The van der Waals surface area contributed by atoms with E-state index in [0.29, 0.717) is 0 Å². The molecule has 68 heavy (non-hydrogen) atoms. The molecule has 0 aliphatic rings. The lowest BCUT2D eigenvalue weighted by Gasteiger charge is -2.29. The average molecular weight is 867 g/mol. The normalized spacial score (nSPS) is 11.5. The smallest absolute Gasteiger partial charge is 0.0618 e. The van der Waals surface area contributed by atoms with Crippen LogP contribution in [0.5, 0.6) is 0 Å². The third kappa shape index (κ3) is 7.35. The fourth-order valence-electron chi connectivity index (χ4n) is 10.2. The molecule has 0 aliphatic heterocycles. The molecule has 12 aromatic rings. The Kier molecular flexibility index (Phi) is 10.6. The predicted molar refractivity (Wildman–Crippen MR) is 292 cm³/mol. The van der Waals surface area contributed by atoms with E-state index in [1.165, 1.54) is 76.7 Å². The van der Waals surface area contributed by atoms with Gasteiger partial charge >= 0.3 is 0 Å². The summed E-state index contributed by atoms with van der Waals surface area (Å²) in [7, 11) is 0. The Balaban J connectivity index is 0.914. The van der Waals surface area contributed by atoms with E-state index in [-0.39, 0.29) is 0 Å². The van der Waals surface area contributed by atoms with Crippen LogP contribution in [0.4, 0.5) is 34.1 Å². The summed E-state index contributed by atoms with van der Waals surface area (Å²) in [5.41, 5.74) is 13.9. The van der Waals surface area contributed by atoms with E-state index in [1.54, 1.807) is 0 Å². The molecular formula is C66H46N2. The summed E-state index contributed by atoms with van der Waals surface area (Å²) >= 11 is 0. The molecule has 0 bridgehead atoms. The van der Waals surface area contributed by atoms with Gasteiger partial charge in [-0.05, 0) is 103 Å². The molecule has 0 spiro atoms. The lowest BCUT2D eigenvalue weighted by Crippen LogP contribution is -2.11. The van der Waals surface area contributed by atoms with Gasteiger partial charge in [0.25, 0.3) is 0 Å². The van der Waals surface area contributed by atoms with E-state index in [4.69, 9.17) is 0 Å². The molecule has 2 heteroatoms. The molecule has 0 amide bonds. The van der Waals surface area contributed by atoms with Crippen LogP contribution in [0.2, 0.25) is 0 Å². The number of hydrogen-bond acceptors (Lipinski definition) is 2. The number of rotatable bonds is 10. The molecule has 0 aliphatic carbocycles. The van der Waals surface area contributed by atoms with Crippen molar-refractivity contribution in [1.82, 2.24) is 0 Å². The number of nitrogens with zero attached hydrogens (tertiary/aromatic N) is 2. The Morgan fingerprint density at radius 3 is 0.735 bits per heavy atom. The third-order valence-electron chi connectivity index (χ3n) is 13.2. The van der Waals surface area contributed by atoms with E-state index in [0.717, 1.165) is 33.9 Å². The van der Waals surface area contributed by atoms with Crippen LogP contribution in [0.25, 0.3) is 77.5 Å². The minimum atomic E-state index is 1.10. The first-order chi connectivity index (χ1) is 33.8. The number of hydrogen-bond donors (Lipinski definition) is 0. The van der Waals surface area contributed by atoms with Gasteiger partial charge in [0, 0.05) is 44.3 Å². The average Bonchev–Trinajstić information content (AvgIpc) is 3.42.